The number of nitrogens with zero attached hydrogens (tertiary/aromatic N) is 2. The van der Waals surface area contributed by atoms with Crippen LogP contribution in [0.25, 0.3) is 0 Å². The van der Waals surface area contributed by atoms with E-state index in [4.69, 9.17) is 21.1 Å². The van der Waals surface area contributed by atoms with Crippen molar-refractivity contribution in [3.63, 3.8) is 0 Å². The molecule has 3 aromatic rings. The summed E-state index contributed by atoms with van der Waals surface area (Å²) in [6.07, 6.45) is 2.11. The van der Waals surface area contributed by atoms with Gasteiger partial charge in [0, 0.05) is 23.9 Å². The van der Waals surface area contributed by atoms with Gasteiger partial charge in [-0.1, -0.05) is 29.8 Å². The van der Waals surface area contributed by atoms with Crippen molar-refractivity contribution >= 4 is 34.9 Å². The van der Waals surface area contributed by atoms with Gasteiger partial charge in [-0.05, 0) is 48.9 Å². The molecule has 7 nitrogen and oxygen atoms in total. The van der Waals surface area contributed by atoms with Gasteiger partial charge in [0.15, 0.2) is 0 Å². The van der Waals surface area contributed by atoms with Crippen LogP contribution in [-0.2, 0) is 9.59 Å². The Morgan fingerprint density at radius 2 is 1.82 bits per heavy atom. The molecule has 2 heterocycles. The first-order valence-electron chi connectivity index (χ1n) is 10.5. The number of hydrogen-bond donors (Lipinski definition) is 1. The van der Waals surface area contributed by atoms with Crippen molar-refractivity contribution in [1.29, 1.82) is 0 Å². The summed E-state index contributed by atoms with van der Waals surface area (Å²) in [6.45, 7) is 0. The van der Waals surface area contributed by atoms with Gasteiger partial charge in [0.05, 0.1) is 31.2 Å². The summed E-state index contributed by atoms with van der Waals surface area (Å²) in [6, 6.07) is 17.4. The molecular formula is C25H24ClN3O4. The van der Waals surface area contributed by atoms with Crippen molar-refractivity contribution < 1.29 is 19.1 Å². The van der Waals surface area contributed by atoms with Crippen LogP contribution in [0.3, 0.4) is 0 Å². The highest BCUT2D eigenvalue weighted by Crippen LogP contribution is 2.43. The maximum Gasteiger partial charge on any atom is 0.231 e. The van der Waals surface area contributed by atoms with E-state index in [1.807, 2.05) is 36.4 Å². The third-order valence-corrected chi connectivity index (χ3v) is 5.94. The van der Waals surface area contributed by atoms with Gasteiger partial charge < -0.3 is 19.7 Å². The van der Waals surface area contributed by atoms with Gasteiger partial charge in [-0.3, -0.25) is 9.59 Å². The average molecular weight is 466 g/mol. The minimum absolute atomic E-state index is 0.0651. The van der Waals surface area contributed by atoms with Crippen LogP contribution in [0.15, 0.2) is 66.9 Å². The van der Waals surface area contributed by atoms with Gasteiger partial charge in [-0.2, -0.15) is 0 Å². The van der Waals surface area contributed by atoms with Crippen LogP contribution < -0.4 is 19.7 Å². The maximum atomic E-state index is 13.4. The van der Waals surface area contributed by atoms with Gasteiger partial charge in [0.25, 0.3) is 0 Å². The Balaban J connectivity index is 1.76. The topological polar surface area (TPSA) is 80.8 Å². The van der Waals surface area contributed by atoms with Crippen molar-refractivity contribution in [1.82, 2.24) is 4.98 Å². The molecular weight excluding hydrogens is 442 g/mol. The maximum absolute atomic E-state index is 13.4. The van der Waals surface area contributed by atoms with Crippen molar-refractivity contribution in [2.75, 3.05) is 24.4 Å². The number of carbonyl (C=O) groups excluding carboxylic acids is 2. The number of pyridine rings is 1. The SMILES string of the molecule is COc1ccc(N2C(=O)CC[C@H](C(=O)Nc3ccc(Cl)cn3)[C@H]2c2ccccc2OC)cc1. The predicted octanol–water partition coefficient (Wildman–Crippen LogP) is 4.88. The molecule has 33 heavy (non-hydrogen) atoms. The molecule has 1 N–H and O–H groups in total. The molecule has 0 saturated carbocycles. The molecule has 0 aliphatic carbocycles. The van der Waals surface area contributed by atoms with Crippen LogP contribution in [0.4, 0.5) is 11.5 Å². The molecule has 1 aliphatic heterocycles. The standard InChI is InChI=1S/C25H24ClN3O4/c1-32-18-10-8-17(9-11-18)29-23(30)14-12-20(24(29)19-5-3-4-6-21(19)33-2)25(31)28-22-13-7-16(26)15-27-22/h3-11,13,15,20,24H,12,14H2,1-2H3,(H,27,28,31)/t20-,24+/m0/s1. The number of amides is 2. The van der Waals surface area contributed by atoms with Crippen molar-refractivity contribution in [2.45, 2.75) is 18.9 Å². The van der Waals surface area contributed by atoms with Crippen LogP contribution in [0, 0.1) is 5.92 Å². The highest BCUT2D eigenvalue weighted by atomic mass is 35.5. The fraction of sp³-hybridized carbons (Fsp3) is 0.240. The quantitative estimate of drug-likeness (QED) is 0.561. The van der Waals surface area contributed by atoms with E-state index in [1.165, 1.54) is 6.20 Å². The smallest absolute Gasteiger partial charge is 0.231 e. The number of piperidine rings is 1. The third kappa shape index (κ3) is 4.78. The Hall–Kier alpha value is -3.58. The number of carbonyl (C=O) groups is 2. The first-order chi connectivity index (χ1) is 16.0. The van der Waals surface area contributed by atoms with Crippen LogP contribution in [0.1, 0.15) is 24.4 Å². The minimum Gasteiger partial charge on any atom is -0.497 e. The van der Waals surface area contributed by atoms with E-state index in [0.29, 0.717) is 34.4 Å². The van der Waals surface area contributed by atoms with E-state index in [-0.39, 0.29) is 18.2 Å². The number of anilines is 2. The summed E-state index contributed by atoms with van der Waals surface area (Å²) in [4.78, 5) is 32.5. The third-order valence-electron chi connectivity index (χ3n) is 5.72. The van der Waals surface area contributed by atoms with Crippen molar-refractivity contribution in [2.24, 2.45) is 5.92 Å². The molecule has 0 unspecified atom stereocenters. The van der Waals surface area contributed by atoms with Crippen LogP contribution in [-0.4, -0.2) is 31.0 Å². The lowest BCUT2D eigenvalue weighted by molar-refractivity contribution is -0.126. The zero-order chi connectivity index (χ0) is 23.4. The number of rotatable bonds is 6. The monoisotopic (exact) mass is 465 g/mol. The summed E-state index contributed by atoms with van der Waals surface area (Å²) >= 11 is 5.92. The van der Waals surface area contributed by atoms with E-state index < -0.39 is 12.0 Å². The number of para-hydroxylation sites is 1. The first kappa shape index (κ1) is 22.6. The van der Waals surface area contributed by atoms with Gasteiger partial charge in [0.1, 0.15) is 17.3 Å². The number of aromatic nitrogens is 1. The Bertz CT molecular complexity index is 1140. The molecule has 0 bridgehead atoms. The molecule has 2 aromatic carbocycles. The molecule has 2 amide bonds. The second kappa shape index (κ2) is 9.92. The number of benzene rings is 2. The minimum atomic E-state index is -0.567. The lowest BCUT2D eigenvalue weighted by Gasteiger charge is -2.41. The van der Waals surface area contributed by atoms with Gasteiger partial charge in [0.2, 0.25) is 11.8 Å². The van der Waals surface area contributed by atoms with E-state index >= 15 is 0 Å². The first-order valence-corrected chi connectivity index (χ1v) is 10.9. The predicted molar refractivity (Wildman–Crippen MR) is 127 cm³/mol. The van der Waals surface area contributed by atoms with Crippen molar-refractivity contribution in [3.05, 3.63) is 77.4 Å². The summed E-state index contributed by atoms with van der Waals surface area (Å²) in [5, 5.41) is 3.35. The Labute approximate surface area is 197 Å². The molecule has 2 atom stereocenters. The fourth-order valence-electron chi connectivity index (χ4n) is 4.15. The van der Waals surface area contributed by atoms with Crippen LogP contribution in [0.2, 0.25) is 5.02 Å². The lowest BCUT2D eigenvalue weighted by atomic mass is 9.82. The summed E-state index contributed by atoms with van der Waals surface area (Å²) in [5.41, 5.74) is 1.44. The van der Waals surface area contributed by atoms with E-state index in [2.05, 4.69) is 10.3 Å². The molecule has 1 aliphatic rings. The van der Waals surface area contributed by atoms with E-state index in [9.17, 15) is 9.59 Å². The van der Waals surface area contributed by atoms with E-state index in [0.717, 1.165) is 5.56 Å². The highest BCUT2D eigenvalue weighted by molar-refractivity contribution is 6.30. The van der Waals surface area contributed by atoms with Crippen LogP contribution in [0.5, 0.6) is 11.5 Å². The Morgan fingerprint density at radius 3 is 2.48 bits per heavy atom. The van der Waals surface area contributed by atoms with Gasteiger partial charge >= 0.3 is 0 Å². The normalized spacial score (nSPS) is 18.0. The lowest BCUT2D eigenvalue weighted by Crippen LogP contribution is -2.47. The molecule has 170 valence electrons. The number of halogens is 1. The van der Waals surface area contributed by atoms with Crippen molar-refractivity contribution in [3.8, 4) is 11.5 Å². The molecule has 0 radical (unpaired) electrons. The second-order valence-corrected chi connectivity index (χ2v) is 8.08. The zero-order valence-corrected chi connectivity index (χ0v) is 19.1. The molecule has 1 aromatic heterocycles. The summed E-state index contributed by atoms with van der Waals surface area (Å²) < 4.78 is 10.9. The van der Waals surface area contributed by atoms with Gasteiger partial charge in [-0.25, -0.2) is 4.98 Å². The highest BCUT2D eigenvalue weighted by Gasteiger charge is 2.42. The Morgan fingerprint density at radius 1 is 1.06 bits per heavy atom. The molecule has 1 fully saturated rings. The fourth-order valence-corrected chi connectivity index (χ4v) is 4.26. The average Bonchev–Trinajstić information content (AvgIpc) is 2.85. The molecule has 4 rings (SSSR count). The molecule has 1 saturated heterocycles. The molecule has 0 spiro atoms. The number of nitrogens with one attached hydrogen (secondary N) is 1. The summed E-state index contributed by atoms with van der Waals surface area (Å²) in [5.74, 6) is 0.865. The summed E-state index contributed by atoms with van der Waals surface area (Å²) in [7, 11) is 3.16. The number of ether oxygens (including phenoxy) is 2. The zero-order valence-electron chi connectivity index (χ0n) is 18.3. The van der Waals surface area contributed by atoms with Gasteiger partial charge in [-0.15, -0.1) is 0 Å². The number of hydrogen-bond acceptors (Lipinski definition) is 5. The van der Waals surface area contributed by atoms with Crippen LogP contribution >= 0.6 is 11.6 Å². The second-order valence-electron chi connectivity index (χ2n) is 7.64. The largest absolute Gasteiger partial charge is 0.497 e. The Kier molecular flexibility index (Phi) is 6.79. The van der Waals surface area contributed by atoms with E-state index in [1.54, 1.807) is 43.4 Å². The molecule has 8 heteroatoms. The number of methoxy groups -OCH3 is 2.